The summed E-state index contributed by atoms with van der Waals surface area (Å²) >= 11 is 0. The van der Waals surface area contributed by atoms with E-state index in [1.807, 2.05) is 11.9 Å². The Balaban J connectivity index is 1.41. The Morgan fingerprint density at radius 2 is 1.78 bits per heavy atom. The fraction of sp³-hybridized carbons (Fsp3) is 0.762. The van der Waals surface area contributed by atoms with Crippen molar-refractivity contribution in [2.45, 2.75) is 58.4 Å². The van der Waals surface area contributed by atoms with Crippen molar-refractivity contribution >= 4 is 11.9 Å². The molecule has 2 heterocycles. The van der Waals surface area contributed by atoms with Crippen LogP contribution in [0.15, 0.2) is 0 Å². The molecule has 1 aliphatic heterocycles. The van der Waals surface area contributed by atoms with Gasteiger partial charge in [-0.2, -0.15) is 5.10 Å². The molecule has 0 atom stereocenters. The van der Waals surface area contributed by atoms with Gasteiger partial charge in [-0.1, -0.05) is 0 Å². The molecule has 0 unspecified atom stereocenters. The molecule has 0 spiro atoms. The summed E-state index contributed by atoms with van der Waals surface area (Å²) in [5, 5.41) is 4.40. The van der Waals surface area contributed by atoms with E-state index in [0.717, 1.165) is 61.2 Å². The largest absolute Gasteiger partial charge is 0.461 e. The summed E-state index contributed by atoms with van der Waals surface area (Å²) in [5.41, 5.74) is 2.21. The molecule has 6 rings (SSSR count). The number of aromatic nitrogens is 2. The molecule has 6 heteroatoms. The first-order valence-electron chi connectivity index (χ1n) is 10.5. The second-order valence-electron chi connectivity index (χ2n) is 9.29. The molecule has 4 saturated carbocycles. The average Bonchev–Trinajstić information content (AvgIpc) is 2.96. The Kier molecular flexibility index (Phi) is 3.89. The lowest BCUT2D eigenvalue weighted by Gasteiger charge is -2.56. The van der Waals surface area contributed by atoms with Crippen LogP contribution in [0.25, 0.3) is 0 Å². The van der Waals surface area contributed by atoms with Crippen LogP contribution in [0.1, 0.15) is 67.2 Å². The van der Waals surface area contributed by atoms with Gasteiger partial charge in [0.25, 0.3) is 0 Å². The highest BCUT2D eigenvalue weighted by molar-refractivity contribution is 5.90. The monoisotopic (exact) mass is 371 g/mol. The zero-order chi connectivity index (χ0) is 18.8. The van der Waals surface area contributed by atoms with Gasteiger partial charge in [0, 0.05) is 37.8 Å². The Morgan fingerprint density at radius 3 is 2.37 bits per heavy atom. The maximum absolute atomic E-state index is 13.7. The number of rotatable bonds is 3. The number of amides is 1. The van der Waals surface area contributed by atoms with Crippen molar-refractivity contribution in [3.8, 4) is 0 Å². The van der Waals surface area contributed by atoms with Crippen LogP contribution in [0.4, 0.5) is 0 Å². The molecule has 4 aliphatic carbocycles. The van der Waals surface area contributed by atoms with Gasteiger partial charge in [0.2, 0.25) is 5.91 Å². The highest BCUT2D eigenvalue weighted by Gasteiger charge is 2.55. The fourth-order valence-corrected chi connectivity index (χ4v) is 6.84. The minimum Gasteiger partial charge on any atom is -0.461 e. The topological polar surface area (TPSA) is 64.4 Å². The van der Waals surface area contributed by atoms with Gasteiger partial charge in [0.15, 0.2) is 5.69 Å². The molecule has 27 heavy (non-hydrogen) atoms. The van der Waals surface area contributed by atoms with E-state index in [9.17, 15) is 9.59 Å². The van der Waals surface area contributed by atoms with Crippen LogP contribution in [0.5, 0.6) is 0 Å². The summed E-state index contributed by atoms with van der Waals surface area (Å²) in [4.78, 5) is 28.0. The second-order valence-corrected chi connectivity index (χ2v) is 9.29. The summed E-state index contributed by atoms with van der Waals surface area (Å²) < 4.78 is 6.97. The number of carbonyl (C=O) groups is 2. The van der Waals surface area contributed by atoms with Gasteiger partial charge in [-0.05, 0) is 63.2 Å². The first-order valence-corrected chi connectivity index (χ1v) is 10.5. The van der Waals surface area contributed by atoms with Crippen molar-refractivity contribution in [3.63, 3.8) is 0 Å². The minimum atomic E-state index is -0.376. The lowest BCUT2D eigenvalue weighted by molar-refractivity contribution is -0.158. The predicted molar refractivity (Wildman–Crippen MR) is 98.9 cm³/mol. The molecule has 0 N–H and O–H groups in total. The van der Waals surface area contributed by atoms with Crippen LogP contribution in [0, 0.1) is 23.2 Å². The molecule has 0 saturated heterocycles. The van der Waals surface area contributed by atoms with Crippen LogP contribution in [0.2, 0.25) is 0 Å². The number of hydrogen-bond acceptors (Lipinski definition) is 4. The van der Waals surface area contributed by atoms with E-state index in [4.69, 9.17) is 4.74 Å². The van der Waals surface area contributed by atoms with Crippen molar-refractivity contribution in [3.05, 3.63) is 17.0 Å². The van der Waals surface area contributed by atoms with Gasteiger partial charge in [-0.3, -0.25) is 9.48 Å². The third kappa shape index (κ3) is 2.63. The molecule has 0 aromatic carbocycles. The molecule has 4 fully saturated rings. The number of carbonyl (C=O) groups excluding carboxylic acids is 2. The molecule has 0 radical (unpaired) electrons. The standard InChI is InChI=1S/C21H29N3O3/c1-3-27-19(25)18-16-12-24(5-4-17(16)23(2)22-18)20(26)21-9-13-6-14(10-21)8-15(7-13)11-21/h13-15H,3-12H2,1-2H3. The average molecular weight is 371 g/mol. The highest BCUT2D eigenvalue weighted by atomic mass is 16.5. The van der Waals surface area contributed by atoms with Crippen molar-refractivity contribution in [2.75, 3.05) is 13.2 Å². The third-order valence-electron chi connectivity index (χ3n) is 7.49. The zero-order valence-electron chi connectivity index (χ0n) is 16.4. The summed E-state index contributed by atoms with van der Waals surface area (Å²) in [5.74, 6) is 2.24. The van der Waals surface area contributed by atoms with E-state index in [0.29, 0.717) is 24.8 Å². The van der Waals surface area contributed by atoms with Crippen molar-refractivity contribution in [1.29, 1.82) is 0 Å². The number of fused-ring (bicyclic) bond motifs is 1. The zero-order valence-corrected chi connectivity index (χ0v) is 16.4. The first-order chi connectivity index (χ1) is 13.0. The van der Waals surface area contributed by atoms with Crippen LogP contribution < -0.4 is 0 Å². The lowest BCUT2D eigenvalue weighted by atomic mass is 9.49. The van der Waals surface area contributed by atoms with E-state index in [2.05, 4.69) is 5.10 Å². The molecular formula is C21H29N3O3. The Morgan fingerprint density at radius 1 is 1.15 bits per heavy atom. The Labute approximate surface area is 160 Å². The maximum atomic E-state index is 13.7. The molecule has 6 nitrogen and oxygen atoms in total. The highest BCUT2D eigenvalue weighted by Crippen LogP contribution is 2.60. The molecule has 1 aromatic heterocycles. The van der Waals surface area contributed by atoms with E-state index in [1.54, 1.807) is 11.6 Å². The Bertz CT molecular complexity index is 762. The minimum absolute atomic E-state index is 0.126. The summed E-state index contributed by atoms with van der Waals surface area (Å²) in [6, 6.07) is 0. The normalized spacial score (nSPS) is 33.9. The number of ether oxygens (including phenoxy) is 1. The van der Waals surface area contributed by atoms with Crippen molar-refractivity contribution < 1.29 is 14.3 Å². The molecular weight excluding hydrogens is 342 g/mol. The molecule has 146 valence electrons. The summed E-state index contributed by atoms with van der Waals surface area (Å²) in [6.45, 7) is 3.36. The van der Waals surface area contributed by atoms with Gasteiger partial charge in [0.05, 0.1) is 12.0 Å². The van der Waals surface area contributed by atoms with Gasteiger partial charge in [0.1, 0.15) is 0 Å². The number of aryl methyl sites for hydroxylation is 1. The van der Waals surface area contributed by atoms with Crippen molar-refractivity contribution in [1.82, 2.24) is 14.7 Å². The Hall–Kier alpha value is -1.85. The van der Waals surface area contributed by atoms with Crippen LogP contribution in [-0.4, -0.2) is 39.7 Å². The number of esters is 1. The van der Waals surface area contributed by atoms with Gasteiger partial charge < -0.3 is 9.64 Å². The third-order valence-corrected chi connectivity index (χ3v) is 7.49. The fourth-order valence-electron chi connectivity index (χ4n) is 6.84. The second kappa shape index (κ2) is 6.08. The summed E-state index contributed by atoms with van der Waals surface area (Å²) in [6.07, 6.45) is 8.03. The number of hydrogen-bond donors (Lipinski definition) is 0. The van der Waals surface area contributed by atoms with Crippen molar-refractivity contribution in [2.24, 2.45) is 30.2 Å². The smallest absolute Gasteiger partial charge is 0.359 e. The molecule has 1 aromatic rings. The maximum Gasteiger partial charge on any atom is 0.359 e. The van der Waals surface area contributed by atoms with E-state index in [1.165, 1.54) is 19.3 Å². The molecule has 1 amide bonds. The van der Waals surface area contributed by atoms with E-state index in [-0.39, 0.29) is 11.4 Å². The van der Waals surface area contributed by atoms with E-state index < -0.39 is 0 Å². The van der Waals surface area contributed by atoms with Gasteiger partial charge in [-0.15, -0.1) is 0 Å². The van der Waals surface area contributed by atoms with Crippen LogP contribution in [-0.2, 0) is 29.5 Å². The molecule has 5 aliphatic rings. The quantitative estimate of drug-likeness (QED) is 0.767. The van der Waals surface area contributed by atoms with Gasteiger partial charge >= 0.3 is 5.97 Å². The first kappa shape index (κ1) is 17.3. The van der Waals surface area contributed by atoms with Crippen LogP contribution >= 0.6 is 0 Å². The SMILES string of the molecule is CCOC(=O)c1nn(C)c2c1CN(C(=O)C13CC4CC(CC(C4)C1)C3)CC2. The summed E-state index contributed by atoms with van der Waals surface area (Å²) in [7, 11) is 1.87. The van der Waals surface area contributed by atoms with Gasteiger partial charge in [-0.25, -0.2) is 4.79 Å². The number of nitrogens with zero attached hydrogens (tertiary/aromatic N) is 3. The van der Waals surface area contributed by atoms with E-state index >= 15 is 0 Å². The molecule has 4 bridgehead atoms. The predicted octanol–water partition coefficient (Wildman–Crippen LogP) is 2.70. The lowest BCUT2D eigenvalue weighted by Crippen LogP contribution is -2.55. The van der Waals surface area contributed by atoms with Crippen LogP contribution in [0.3, 0.4) is 0 Å².